The number of aryl methyl sites for hydroxylation is 1. The molecule has 1 aromatic carbocycles. The molecule has 2 nitrogen and oxygen atoms in total. The maximum absolute atomic E-state index is 11.6. The van der Waals surface area contributed by atoms with E-state index in [0.29, 0.717) is 6.54 Å². The van der Waals surface area contributed by atoms with Gasteiger partial charge in [-0.2, -0.15) is 0 Å². The molecule has 0 aliphatic rings. The zero-order chi connectivity index (χ0) is 10.6. The molecule has 0 unspecified atom stereocenters. The first-order valence-corrected chi connectivity index (χ1v) is 4.90. The monoisotopic (exact) mass is 191 g/mol. The summed E-state index contributed by atoms with van der Waals surface area (Å²) in [6, 6.07) is 7.85. The summed E-state index contributed by atoms with van der Waals surface area (Å²) in [6.07, 6.45) is 1.02. The van der Waals surface area contributed by atoms with Gasteiger partial charge in [-0.3, -0.25) is 4.79 Å². The summed E-state index contributed by atoms with van der Waals surface area (Å²) in [6.45, 7) is 2.59. The molecule has 0 N–H and O–H groups in total. The van der Waals surface area contributed by atoms with E-state index in [2.05, 4.69) is 6.92 Å². The molecule has 1 aromatic rings. The van der Waals surface area contributed by atoms with Gasteiger partial charge in [-0.25, -0.2) is 0 Å². The van der Waals surface area contributed by atoms with E-state index < -0.39 is 0 Å². The fourth-order valence-corrected chi connectivity index (χ4v) is 1.30. The van der Waals surface area contributed by atoms with Crippen LogP contribution in [-0.4, -0.2) is 31.3 Å². The largest absolute Gasteiger partial charge is 0.302 e. The Morgan fingerprint density at radius 1 is 1.21 bits per heavy atom. The fraction of sp³-hybridized carbons (Fsp3) is 0.417. The van der Waals surface area contributed by atoms with Crippen LogP contribution in [0.2, 0.25) is 0 Å². The predicted octanol–water partition coefficient (Wildman–Crippen LogP) is 1.99. The third-order valence-corrected chi connectivity index (χ3v) is 2.14. The number of hydrogen-bond donors (Lipinski definition) is 0. The van der Waals surface area contributed by atoms with Crippen LogP contribution in [0.4, 0.5) is 0 Å². The average molecular weight is 191 g/mol. The molecule has 0 bridgehead atoms. The van der Waals surface area contributed by atoms with Gasteiger partial charge in [-0.05, 0) is 26.1 Å². The topological polar surface area (TPSA) is 20.3 Å². The van der Waals surface area contributed by atoms with Gasteiger partial charge in [-0.15, -0.1) is 0 Å². The van der Waals surface area contributed by atoms with E-state index in [1.165, 1.54) is 5.56 Å². The molecule has 0 heterocycles. The smallest absolute Gasteiger partial charge is 0.176 e. The molecule has 0 saturated heterocycles. The Hall–Kier alpha value is -1.15. The van der Waals surface area contributed by atoms with Crippen LogP contribution in [0.1, 0.15) is 22.8 Å². The standard InChI is InChI=1S/C12H17NO/c1-4-10-5-7-11(8-6-10)12(14)9-13(2)3/h5-8H,4,9H2,1-3H3. The lowest BCUT2D eigenvalue weighted by Gasteiger charge is -2.08. The number of hydrogen-bond acceptors (Lipinski definition) is 2. The molecule has 2 heteroatoms. The molecule has 76 valence electrons. The van der Waals surface area contributed by atoms with Gasteiger partial charge >= 0.3 is 0 Å². The fourth-order valence-electron chi connectivity index (χ4n) is 1.30. The van der Waals surface area contributed by atoms with Gasteiger partial charge < -0.3 is 4.90 Å². The molecule has 0 aromatic heterocycles. The summed E-state index contributed by atoms with van der Waals surface area (Å²) in [5.74, 6) is 0.178. The maximum Gasteiger partial charge on any atom is 0.176 e. The number of Topliss-reactive ketones (excluding diaryl/α,β-unsaturated/α-hetero) is 1. The number of nitrogens with zero attached hydrogens (tertiary/aromatic N) is 1. The Bertz CT molecular complexity index is 301. The summed E-state index contributed by atoms with van der Waals surface area (Å²) in [4.78, 5) is 13.5. The second-order valence-electron chi connectivity index (χ2n) is 3.71. The van der Waals surface area contributed by atoms with E-state index in [1.54, 1.807) is 0 Å². The van der Waals surface area contributed by atoms with Crippen molar-refractivity contribution in [3.8, 4) is 0 Å². The minimum atomic E-state index is 0.178. The van der Waals surface area contributed by atoms with Crippen molar-refractivity contribution in [2.24, 2.45) is 0 Å². The Labute approximate surface area is 85.5 Å². The molecule has 0 saturated carbocycles. The molecular formula is C12H17NO. The first kappa shape index (κ1) is 10.9. The Morgan fingerprint density at radius 3 is 2.21 bits per heavy atom. The van der Waals surface area contributed by atoms with Crippen molar-refractivity contribution in [3.63, 3.8) is 0 Å². The van der Waals surface area contributed by atoms with Crippen LogP contribution in [0.3, 0.4) is 0 Å². The van der Waals surface area contributed by atoms with Crippen molar-refractivity contribution in [1.82, 2.24) is 4.90 Å². The van der Waals surface area contributed by atoms with E-state index >= 15 is 0 Å². The highest BCUT2D eigenvalue weighted by Crippen LogP contribution is 2.06. The summed E-state index contributed by atoms with van der Waals surface area (Å²) in [5, 5.41) is 0. The van der Waals surface area contributed by atoms with Gasteiger partial charge in [0.05, 0.1) is 6.54 Å². The van der Waals surface area contributed by atoms with Gasteiger partial charge in [0, 0.05) is 5.56 Å². The number of likely N-dealkylation sites (N-methyl/N-ethyl adjacent to an activating group) is 1. The highest BCUT2D eigenvalue weighted by Gasteiger charge is 2.05. The molecule has 0 radical (unpaired) electrons. The van der Waals surface area contributed by atoms with Crippen molar-refractivity contribution in [2.45, 2.75) is 13.3 Å². The summed E-state index contributed by atoms with van der Waals surface area (Å²) >= 11 is 0. The van der Waals surface area contributed by atoms with Crippen molar-refractivity contribution >= 4 is 5.78 Å². The molecule has 0 amide bonds. The Kier molecular flexibility index (Phi) is 3.84. The van der Waals surface area contributed by atoms with Crippen LogP contribution in [0.15, 0.2) is 24.3 Å². The lowest BCUT2D eigenvalue weighted by Crippen LogP contribution is -2.21. The molecule has 0 fully saturated rings. The molecule has 0 aliphatic heterocycles. The first-order chi connectivity index (χ1) is 6.63. The van der Waals surface area contributed by atoms with E-state index in [0.717, 1.165) is 12.0 Å². The van der Waals surface area contributed by atoms with Crippen LogP contribution in [-0.2, 0) is 6.42 Å². The van der Waals surface area contributed by atoms with Crippen LogP contribution in [0, 0.1) is 0 Å². The van der Waals surface area contributed by atoms with Gasteiger partial charge in [0.2, 0.25) is 0 Å². The molecule has 0 aliphatic carbocycles. The average Bonchev–Trinajstić information content (AvgIpc) is 2.17. The second kappa shape index (κ2) is 4.91. The van der Waals surface area contributed by atoms with Crippen molar-refractivity contribution in [1.29, 1.82) is 0 Å². The third kappa shape index (κ3) is 2.96. The van der Waals surface area contributed by atoms with Gasteiger partial charge in [0.25, 0.3) is 0 Å². The number of rotatable bonds is 4. The first-order valence-electron chi connectivity index (χ1n) is 4.90. The minimum Gasteiger partial charge on any atom is -0.302 e. The molecule has 0 atom stereocenters. The van der Waals surface area contributed by atoms with Crippen molar-refractivity contribution < 1.29 is 4.79 Å². The number of benzene rings is 1. The lowest BCUT2D eigenvalue weighted by atomic mass is 10.1. The summed E-state index contributed by atoms with van der Waals surface area (Å²) < 4.78 is 0. The second-order valence-corrected chi connectivity index (χ2v) is 3.71. The SMILES string of the molecule is CCc1ccc(C(=O)CN(C)C)cc1. The van der Waals surface area contributed by atoms with Gasteiger partial charge in [0.1, 0.15) is 0 Å². The summed E-state index contributed by atoms with van der Waals surface area (Å²) in [5.41, 5.74) is 2.07. The van der Waals surface area contributed by atoms with Gasteiger partial charge in [-0.1, -0.05) is 31.2 Å². The van der Waals surface area contributed by atoms with Crippen molar-refractivity contribution in [2.75, 3.05) is 20.6 Å². The van der Waals surface area contributed by atoms with Crippen LogP contribution in [0.25, 0.3) is 0 Å². The van der Waals surface area contributed by atoms with Crippen LogP contribution in [0.5, 0.6) is 0 Å². The minimum absolute atomic E-state index is 0.178. The number of ketones is 1. The number of carbonyl (C=O) groups excluding carboxylic acids is 1. The summed E-state index contributed by atoms with van der Waals surface area (Å²) in [7, 11) is 3.80. The van der Waals surface area contributed by atoms with Crippen LogP contribution < -0.4 is 0 Å². The Morgan fingerprint density at radius 2 is 1.79 bits per heavy atom. The lowest BCUT2D eigenvalue weighted by molar-refractivity contribution is 0.0958. The van der Waals surface area contributed by atoms with E-state index in [4.69, 9.17) is 0 Å². The number of carbonyl (C=O) groups is 1. The molecule has 1 rings (SSSR count). The third-order valence-electron chi connectivity index (χ3n) is 2.14. The van der Waals surface area contributed by atoms with E-state index in [1.807, 2.05) is 43.3 Å². The molecule has 0 spiro atoms. The highest BCUT2D eigenvalue weighted by atomic mass is 16.1. The van der Waals surface area contributed by atoms with E-state index in [-0.39, 0.29) is 5.78 Å². The van der Waals surface area contributed by atoms with Gasteiger partial charge in [0.15, 0.2) is 5.78 Å². The predicted molar refractivity (Wildman–Crippen MR) is 58.7 cm³/mol. The maximum atomic E-state index is 11.6. The van der Waals surface area contributed by atoms with Crippen LogP contribution >= 0.6 is 0 Å². The normalized spacial score (nSPS) is 10.6. The Balaban J connectivity index is 2.71. The zero-order valence-corrected chi connectivity index (χ0v) is 9.08. The molecular weight excluding hydrogens is 174 g/mol. The zero-order valence-electron chi connectivity index (χ0n) is 9.08. The van der Waals surface area contributed by atoms with E-state index in [9.17, 15) is 4.79 Å². The molecule has 14 heavy (non-hydrogen) atoms. The quantitative estimate of drug-likeness (QED) is 0.678. The highest BCUT2D eigenvalue weighted by molar-refractivity contribution is 5.97. The van der Waals surface area contributed by atoms with Crippen molar-refractivity contribution in [3.05, 3.63) is 35.4 Å².